The van der Waals surface area contributed by atoms with Gasteiger partial charge in [-0.3, -0.25) is 9.69 Å². The Morgan fingerprint density at radius 2 is 2.16 bits per heavy atom. The molecule has 1 aliphatic rings. The molecular weight excluding hydrogens is 243 g/mol. The summed E-state index contributed by atoms with van der Waals surface area (Å²) < 4.78 is 12.8. The predicted octanol–water partition coefficient (Wildman–Crippen LogP) is 1.97. The molecule has 1 saturated heterocycles. The van der Waals surface area contributed by atoms with E-state index in [-0.39, 0.29) is 11.7 Å². The van der Waals surface area contributed by atoms with E-state index in [9.17, 15) is 9.18 Å². The highest BCUT2D eigenvalue weighted by molar-refractivity contribution is 5.78. The molecule has 2 rings (SSSR count). The average molecular weight is 264 g/mol. The Kier molecular flexibility index (Phi) is 4.91. The molecule has 0 aromatic heterocycles. The number of carbonyl (C=O) groups is 1. The van der Waals surface area contributed by atoms with E-state index >= 15 is 0 Å². The lowest BCUT2D eigenvalue weighted by molar-refractivity contribution is -0.120. The number of nitrogens with zero attached hydrogens (tertiary/aromatic N) is 1. The lowest BCUT2D eigenvalue weighted by Crippen LogP contribution is -2.40. The van der Waals surface area contributed by atoms with Crippen molar-refractivity contribution in [2.75, 3.05) is 19.6 Å². The molecular formula is C15H21FN2O. The molecule has 104 valence electrons. The van der Waals surface area contributed by atoms with Crippen LogP contribution < -0.4 is 5.32 Å². The van der Waals surface area contributed by atoms with E-state index in [1.54, 1.807) is 12.1 Å². The lowest BCUT2D eigenvalue weighted by atomic mass is 10.1. The first-order chi connectivity index (χ1) is 9.19. The SMILES string of the molecule is CCN1CCC[C@H]1CNC(=O)Cc1ccc(F)cc1. The Morgan fingerprint density at radius 1 is 1.42 bits per heavy atom. The van der Waals surface area contributed by atoms with Crippen LogP contribution in [0.5, 0.6) is 0 Å². The van der Waals surface area contributed by atoms with Crippen molar-refractivity contribution in [1.82, 2.24) is 10.2 Å². The van der Waals surface area contributed by atoms with Crippen LogP contribution in [0.3, 0.4) is 0 Å². The lowest BCUT2D eigenvalue weighted by Gasteiger charge is -2.22. The summed E-state index contributed by atoms with van der Waals surface area (Å²) in [5, 5.41) is 2.98. The summed E-state index contributed by atoms with van der Waals surface area (Å²) >= 11 is 0. The second-order valence-corrected chi connectivity index (χ2v) is 5.03. The van der Waals surface area contributed by atoms with Crippen LogP contribution in [0, 0.1) is 5.82 Å². The van der Waals surface area contributed by atoms with Crippen molar-refractivity contribution in [3.63, 3.8) is 0 Å². The fraction of sp³-hybridized carbons (Fsp3) is 0.533. The van der Waals surface area contributed by atoms with Gasteiger partial charge in [0.1, 0.15) is 5.82 Å². The molecule has 0 bridgehead atoms. The number of amides is 1. The molecule has 1 heterocycles. The van der Waals surface area contributed by atoms with Crippen molar-refractivity contribution >= 4 is 5.91 Å². The normalized spacial score (nSPS) is 19.6. The Balaban J connectivity index is 1.77. The van der Waals surface area contributed by atoms with E-state index in [4.69, 9.17) is 0 Å². The van der Waals surface area contributed by atoms with Crippen molar-refractivity contribution in [3.05, 3.63) is 35.6 Å². The molecule has 0 unspecified atom stereocenters. The number of hydrogen-bond donors (Lipinski definition) is 1. The van der Waals surface area contributed by atoms with Crippen molar-refractivity contribution in [2.24, 2.45) is 0 Å². The summed E-state index contributed by atoms with van der Waals surface area (Å²) in [4.78, 5) is 14.2. The third-order valence-corrected chi connectivity index (χ3v) is 3.72. The molecule has 1 aliphatic heterocycles. The minimum Gasteiger partial charge on any atom is -0.354 e. The van der Waals surface area contributed by atoms with E-state index in [0.717, 1.165) is 25.1 Å². The van der Waals surface area contributed by atoms with Crippen LogP contribution in [0.2, 0.25) is 0 Å². The Morgan fingerprint density at radius 3 is 2.84 bits per heavy atom. The van der Waals surface area contributed by atoms with E-state index in [0.29, 0.717) is 19.0 Å². The molecule has 0 aliphatic carbocycles. The summed E-state index contributed by atoms with van der Waals surface area (Å²) in [6, 6.07) is 6.56. The summed E-state index contributed by atoms with van der Waals surface area (Å²) in [6.07, 6.45) is 2.69. The zero-order chi connectivity index (χ0) is 13.7. The maximum absolute atomic E-state index is 12.8. The van der Waals surface area contributed by atoms with Crippen molar-refractivity contribution in [3.8, 4) is 0 Å². The van der Waals surface area contributed by atoms with Crippen LogP contribution in [0.4, 0.5) is 4.39 Å². The highest BCUT2D eigenvalue weighted by Gasteiger charge is 2.22. The van der Waals surface area contributed by atoms with Crippen molar-refractivity contribution in [1.29, 1.82) is 0 Å². The first kappa shape index (κ1) is 14.0. The van der Waals surface area contributed by atoms with Crippen LogP contribution in [0.25, 0.3) is 0 Å². The summed E-state index contributed by atoms with van der Waals surface area (Å²) in [5.74, 6) is -0.261. The number of carbonyl (C=O) groups excluding carboxylic acids is 1. The fourth-order valence-electron chi connectivity index (χ4n) is 2.62. The van der Waals surface area contributed by atoms with Gasteiger partial charge in [-0.25, -0.2) is 4.39 Å². The van der Waals surface area contributed by atoms with Gasteiger partial charge in [0.25, 0.3) is 0 Å². The molecule has 19 heavy (non-hydrogen) atoms. The summed E-state index contributed by atoms with van der Waals surface area (Å²) in [5.41, 5.74) is 0.845. The van der Waals surface area contributed by atoms with Crippen molar-refractivity contribution < 1.29 is 9.18 Å². The largest absolute Gasteiger partial charge is 0.354 e. The molecule has 3 nitrogen and oxygen atoms in total. The third kappa shape index (κ3) is 4.03. The van der Waals surface area contributed by atoms with Gasteiger partial charge in [0.05, 0.1) is 6.42 Å². The monoisotopic (exact) mass is 264 g/mol. The molecule has 0 radical (unpaired) electrons. The Hall–Kier alpha value is -1.42. The average Bonchev–Trinajstić information content (AvgIpc) is 2.86. The molecule has 4 heteroatoms. The molecule has 1 amide bonds. The van der Waals surface area contributed by atoms with Crippen LogP contribution >= 0.6 is 0 Å². The maximum atomic E-state index is 12.8. The molecule has 1 atom stereocenters. The Labute approximate surface area is 113 Å². The van der Waals surface area contributed by atoms with Gasteiger partial charge in [-0.05, 0) is 43.6 Å². The van der Waals surface area contributed by atoms with Crippen LogP contribution in [0.15, 0.2) is 24.3 Å². The number of nitrogens with one attached hydrogen (secondary N) is 1. The summed E-state index contributed by atoms with van der Waals surface area (Å²) in [6.45, 7) is 5.04. The molecule has 1 aromatic carbocycles. The first-order valence-electron chi connectivity index (χ1n) is 6.94. The number of likely N-dealkylation sites (N-methyl/N-ethyl adjacent to an activating group) is 1. The molecule has 0 spiro atoms. The molecule has 1 N–H and O–H groups in total. The molecule has 1 aromatic rings. The van der Waals surface area contributed by atoms with Gasteiger partial charge in [0.15, 0.2) is 0 Å². The van der Waals surface area contributed by atoms with Gasteiger partial charge < -0.3 is 5.32 Å². The van der Waals surface area contributed by atoms with Gasteiger partial charge in [-0.2, -0.15) is 0 Å². The van der Waals surface area contributed by atoms with Crippen LogP contribution in [-0.4, -0.2) is 36.5 Å². The minimum atomic E-state index is -0.270. The third-order valence-electron chi connectivity index (χ3n) is 3.72. The predicted molar refractivity (Wildman–Crippen MR) is 73.4 cm³/mol. The maximum Gasteiger partial charge on any atom is 0.224 e. The zero-order valence-electron chi connectivity index (χ0n) is 11.4. The van der Waals surface area contributed by atoms with E-state index in [2.05, 4.69) is 17.1 Å². The minimum absolute atomic E-state index is 0.00885. The van der Waals surface area contributed by atoms with E-state index < -0.39 is 0 Å². The number of rotatable bonds is 5. The van der Waals surface area contributed by atoms with Gasteiger partial charge in [0, 0.05) is 12.6 Å². The quantitative estimate of drug-likeness (QED) is 0.882. The highest BCUT2D eigenvalue weighted by Crippen LogP contribution is 2.15. The van der Waals surface area contributed by atoms with E-state index in [1.165, 1.54) is 18.6 Å². The van der Waals surface area contributed by atoms with Gasteiger partial charge in [-0.1, -0.05) is 19.1 Å². The number of hydrogen-bond acceptors (Lipinski definition) is 2. The number of benzene rings is 1. The molecule has 0 saturated carbocycles. The van der Waals surface area contributed by atoms with Gasteiger partial charge in [-0.15, -0.1) is 0 Å². The van der Waals surface area contributed by atoms with Gasteiger partial charge in [0.2, 0.25) is 5.91 Å². The smallest absolute Gasteiger partial charge is 0.224 e. The van der Waals surface area contributed by atoms with E-state index in [1.807, 2.05) is 0 Å². The zero-order valence-corrected chi connectivity index (χ0v) is 11.4. The number of likely N-dealkylation sites (tertiary alicyclic amines) is 1. The Bertz CT molecular complexity index is 419. The van der Waals surface area contributed by atoms with Crippen LogP contribution in [-0.2, 0) is 11.2 Å². The standard InChI is InChI=1S/C15H21FN2O/c1-2-18-9-3-4-14(18)11-17-15(19)10-12-5-7-13(16)8-6-12/h5-8,14H,2-4,9-11H2,1H3,(H,17,19)/t14-/m0/s1. The number of halogens is 1. The topological polar surface area (TPSA) is 32.3 Å². The second kappa shape index (κ2) is 6.66. The second-order valence-electron chi connectivity index (χ2n) is 5.03. The highest BCUT2D eigenvalue weighted by atomic mass is 19.1. The van der Waals surface area contributed by atoms with Crippen molar-refractivity contribution in [2.45, 2.75) is 32.2 Å². The molecule has 1 fully saturated rings. The summed E-state index contributed by atoms with van der Waals surface area (Å²) in [7, 11) is 0. The fourth-order valence-corrected chi connectivity index (χ4v) is 2.62. The first-order valence-corrected chi connectivity index (χ1v) is 6.94. The van der Waals surface area contributed by atoms with Gasteiger partial charge >= 0.3 is 0 Å². The van der Waals surface area contributed by atoms with Crippen LogP contribution in [0.1, 0.15) is 25.3 Å².